The largest absolute Gasteiger partial charge is 0.293 e. The maximum Gasteiger partial charge on any atom is 0.177 e. The summed E-state index contributed by atoms with van der Waals surface area (Å²) in [5, 5.41) is 0.610. The van der Waals surface area contributed by atoms with Gasteiger partial charge in [-0.05, 0) is 18.2 Å². The summed E-state index contributed by atoms with van der Waals surface area (Å²) in [6, 6.07) is 4.25. The Morgan fingerprint density at radius 3 is 2.07 bits per heavy atom. The number of halogens is 2. The molecule has 0 unspecified atom stereocenters. The van der Waals surface area contributed by atoms with Crippen LogP contribution in [0.25, 0.3) is 0 Å². The highest BCUT2D eigenvalue weighted by atomic mass is 35.5. The van der Waals surface area contributed by atoms with Gasteiger partial charge in [0.2, 0.25) is 0 Å². The minimum atomic E-state index is -3.33. The predicted molar refractivity (Wildman–Crippen MR) is 60.5 cm³/mol. The van der Waals surface area contributed by atoms with Crippen molar-refractivity contribution in [3.63, 3.8) is 0 Å². The molecule has 0 radical (unpaired) electrons. The van der Waals surface area contributed by atoms with Gasteiger partial charge in [0.25, 0.3) is 0 Å². The van der Waals surface area contributed by atoms with Gasteiger partial charge in [-0.15, -0.1) is 0 Å². The second kappa shape index (κ2) is 4.51. The van der Waals surface area contributed by atoms with Gasteiger partial charge in [0, 0.05) is 21.9 Å². The maximum atomic E-state index is 11.5. The van der Waals surface area contributed by atoms with E-state index in [2.05, 4.69) is 0 Å². The van der Waals surface area contributed by atoms with Crippen molar-refractivity contribution in [3.8, 4) is 0 Å². The SMILES string of the molecule is CS(=O)(=O)CC(=O)c1cc(Cl)cc(Cl)c1. The van der Waals surface area contributed by atoms with Gasteiger partial charge in [0.1, 0.15) is 5.75 Å². The molecule has 82 valence electrons. The highest BCUT2D eigenvalue weighted by Crippen LogP contribution is 2.19. The third-order valence-corrected chi connectivity index (χ3v) is 2.80. The first-order valence-corrected chi connectivity index (χ1v) is 6.76. The van der Waals surface area contributed by atoms with E-state index in [4.69, 9.17) is 23.2 Å². The number of hydrogen-bond acceptors (Lipinski definition) is 3. The zero-order chi connectivity index (χ0) is 11.6. The van der Waals surface area contributed by atoms with Gasteiger partial charge in [-0.1, -0.05) is 23.2 Å². The van der Waals surface area contributed by atoms with E-state index in [0.717, 1.165) is 6.26 Å². The van der Waals surface area contributed by atoms with E-state index in [0.29, 0.717) is 10.0 Å². The first-order valence-electron chi connectivity index (χ1n) is 3.95. The fourth-order valence-corrected chi connectivity index (χ4v) is 2.21. The molecule has 1 aromatic carbocycles. The predicted octanol–water partition coefficient (Wildman–Crippen LogP) is 2.22. The number of carbonyl (C=O) groups is 1. The number of carbonyl (C=O) groups excluding carboxylic acids is 1. The summed E-state index contributed by atoms with van der Waals surface area (Å²) in [4.78, 5) is 11.5. The van der Waals surface area contributed by atoms with Crippen molar-refractivity contribution < 1.29 is 13.2 Å². The van der Waals surface area contributed by atoms with Crippen LogP contribution in [0.15, 0.2) is 18.2 Å². The van der Waals surface area contributed by atoms with E-state index >= 15 is 0 Å². The van der Waals surface area contributed by atoms with E-state index in [1.54, 1.807) is 0 Å². The Balaban J connectivity index is 3.02. The Morgan fingerprint density at radius 2 is 1.67 bits per heavy atom. The molecule has 15 heavy (non-hydrogen) atoms. The highest BCUT2D eigenvalue weighted by Gasteiger charge is 2.14. The lowest BCUT2D eigenvalue weighted by molar-refractivity contribution is 0.102. The van der Waals surface area contributed by atoms with E-state index in [-0.39, 0.29) is 5.56 Å². The average Bonchev–Trinajstić information content (AvgIpc) is 1.98. The molecule has 0 aliphatic heterocycles. The molecule has 1 rings (SSSR count). The number of hydrogen-bond donors (Lipinski definition) is 0. The van der Waals surface area contributed by atoms with Crippen LogP contribution in [0.3, 0.4) is 0 Å². The van der Waals surface area contributed by atoms with Crippen LogP contribution < -0.4 is 0 Å². The minimum absolute atomic E-state index is 0.206. The lowest BCUT2D eigenvalue weighted by Gasteiger charge is -2.01. The monoisotopic (exact) mass is 266 g/mol. The molecule has 1 aromatic rings. The molecule has 0 saturated carbocycles. The topological polar surface area (TPSA) is 51.2 Å². The summed E-state index contributed by atoms with van der Waals surface area (Å²) in [7, 11) is -3.33. The van der Waals surface area contributed by atoms with Crippen molar-refractivity contribution in [1.29, 1.82) is 0 Å². The minimum Gasteiger partial charge on any atom is -0.293 e. The Labute approximate surface area is 97.9 Å². The lowest BCUT2D eigenvalue weighted by Crippen LogP contribution is -2.14. The van der Waals surface area contributed by atoms with Gasteiger partial charge in [-0.2, -0.15) is 0 Å². The van der Waals surface area contributed by atoms with Gasteiger partial charge in [-0.25, -0.2) is 8.42 Å². The van der Waals surface area contributed by atoms with Crippen LogP contribution in [0, 0.1) is 0 Å². The van der Waals surface area contributed by atoms with E-state index in [1.807, 2.05) is 0 Å². The number of ketones is 1. The Morgan fingerprint density at radius 1 is 1.20 bits per heavy atom. The molecular formula is C9H8Cl2O3S. The van der Waals surface area contributed by atoms with Crippen LogP contribution in [-0.4, -0.2) is 26.2 Å². The zero-order valence-corrected chi connectivity index (χ0v) is 10.2. The van der Waals surface area contributed by atoms with Gasteiger partial charge in [0.05, 0.1) is 0 Å². The van der Waals surface area contributed by atoms with Gasteiger partial charge in [0.15, 0.2) is 15.6 Å². The van der Waals surface area contributed by atoms with Gasteiger partial charge in [-0.3, -0.25) is 4.79 Å². The first kappa shape index (κ1) is 12.5. The molecule has 0 amide bonds. The third kappa shape index (κ3) is 4.20. The summed E-state index contributed by atoms with van der Waals surface area (Å²) in [5.74, 6) is -1.05. The molecule has 0 aliphatic rings. The Bertz CT molecular complexity index is 474. The zero-order valence-electron chi connectivity index (χ0n) is 7.83. The summed E-state index contributed by atoms with van der Waals surface area (Å²) in [6.07, 6.45) is 0.997. The molecule has 0 aromatic heterocycles. The second-order valence-electron chi connectivity index (χ2n) is 3.15. The number of benzene rings is 1. The van der Waals surface area contributed by atoms with Crippen molar-refractivity contribution in [3.05, 3.63) is 33.8 Å². The number of rotatable bonds is 3. The Kier molecular flexibility index (Phi) is 3.76. The van der Waals surface area contributed by atoms with E-state index in [9.17, 15) is 13.2 Å². The van der Waals surface area contributed by atoms with Crippen molar-refractivity contribution in [1.82, 2.24) is 0 Å². The second-order valence-corrected chi connectivity index (χ2v) is 6.16. The molecule has 0 fully saturated rings. The number of sulfone groups is 1. The van der Waals surface area contributed by atoms with E-state index in [1.165, 1.54) is 18.2 Å². The van der Waals surface area contributed by atoms with E-state index < -0.39 is 21.4 Å². The third-order valence-electron chi connectivity index (χ3n) is 1.58. The molecule has 0 spiro atoms. The summed E-state index contributed by atoms with van der Waals surface area (Å²) < 4.78 is 21.8. The van der Waals surface area contributed by atoms with Crippen LogP contribution in [0.5, 0.6) is 0 Å². The molecular weight excluding hydrogens is 259 g/mol. The average molecular weight is 267 g/mol. The standard InChI is InChI=1S/C9H8Cl2O3S/c1-15(13,14)5-9(12)6-2-7(10)4-8(11)3-6/h2-4H,5H2,1H3. The normalized spacial score (nSPS) is 11.4. The van der Waals surface area contributed by atoms with Crippen molar-refractivity contribution in [2.75, 3.05) is 12.0 Å². The number of Topliss-reactive ketones (excluding diaryl/α,β-unsaturated/α-hetero) is 1. The molecule has 0 N–H and O–H groups in total. The summed E-state index contributed by atoms with van der Waals surface area (Å²) in [5.41, 5.74) is 0.206. The fourth-order valence-electron chi connectivity index (χ4n) is 1.04. The van der Waals surface area contributed by atoms with Crippen LogP contribution in [0.4, 0.5) is 0 Å². The molecule has 6 heteroatoms. The molecule has 0 aliphatic carbocycles. The smallest absolute Gasteiger partial charge is 0.177 e. The molecule has 0 saturated heterocycles. The van der Waals surface area contributed by atoms with Crippen LogP contribution in [0.2, 0.25) is 10.0 Å². The maximum absolute atomic E-state index is 11.5. The summed E-state index contributed by atoms with van der Waals surface area (Å²) in [6.45, 7) is 0. The van der Waals surface area contributed by atoms with Crippen LogP contribution in [0.1, 0.15) is 10.4 Å². The summed E-state index contributed by atoms with van der Waals surface area (Å²) >= 11 is 11.4. The molecule has 0 heterocycles. The molecule has 0 atom stereocenters. The van der Waals surface area contributed by atoms with Crippen molar-refractivity contribution in [2.45, 2.75) is 0 Å². The molecule has 3 nitrogen and oxygen atoms in total. The highest BCUT2D eigenvalue weighted by molar-refractivity contribution is 7.91. The fraction of sp³-hybridized carbons (Fsp3) is 0.222. The van der Waals surface area contributed by atoms with Crippen molar-refractivity contribution in [2.24, 2.45) is 0 Å². The lowest BCUT2D eigenvalue weighted by atomic mass is 10.1. The van der Waals surface area contributed by atoms with Crippen molar-refractivity contribution >= 4 is 38.8 Å². The van der Waals surface area contributed by atoms with Gasteiger partial charge < -0.3 is 0 Å². The quantitative estimate of drug-likeness (QED) is 0.789. The first-order chi connectivity index (χ1) is 6.78. The van der Waals surface area contributed by atoms with Crippen LogP contribution in [-0.2, 0) is 9.84 Å². The van der Waals surface area contributed by atoms with Crippen LogP contribution >= 0.6 is 23.2 Å². The Hall–Kier alpha value is -0.580. The molecule has 0 bridgehead atoms. The van der Waals surface area contributed by atoms with Gasteiger partial charge >= 0.3 is 0 Å².